The summed E-state index contributed by atoms with van der Waals surface area (Å²) in [5.41, 5.74) is 1.12. The van der Waals surface area contributed by atoms with Gasteiger partial charge in [-0.15, -0.1) is 0 Å². The fourth-order valence-electron chi connectivity index (χ4n) is 2.56. The standard InChI is InChI=1S/C15H22BrNO2/c1-17-10-11-6-5-7-12(16)15(11)19-14-9-4-2-3-8-13(14)18/h5-7,13-14,17-18H,2-4,8-10H2,1H3. The molecule has 1 fully saturated rings. The molecule has 2 N–H and O–H groups in total. The van der Waals surface area contributed by atoms with Crippen molar-refractivity contribution in [1.29, 1.82) is 0 Å². The molecule has 0 heterocycles. The molecular weight excluding hydrogens is 306 g/mol. The van der Waals surface area contributed by atoms with Crippen molar-refractivity contribution in [2.24, 2.45) is 0 Å². The minimum absolute atomic E-state index is 0.0863. The Labute approximate surface area is 123 Å². The number of nitrogens with one attached hydrogen (secondary N) is 1. The van der Waals surface area contributed by atoms with E-state index in [4.69, 9.17) is 4.74 Å². The number of benzene rings is 1. The highest BCUT2D eigenvalue weighted by Gasteiger charge is 2.24. The third-order valence-corrected chi connectivity index (χ3v) is 4.23. The first-order valence-electron chi connectivity index (χ1n) is 6.99. The summed E-state index contributed by atoms with van der Waals surface area (Å²) in [6.07, 6.45) is 4.76. The third-order valence-electron chi connectivity index (χ3n) is 3.60. The first-order chi connectivity index (χ1) is 9.22. The van der Waals surface area contributed by atoms with Crippen LogP contribution in [0, 0.1) is 0 Å². The van der Waals surface area contributed by atoms with Crippen LogP contribution in [0.15, 0.2) is 22.7 Å². The summed E-state index contributed by atoms with van der Waals surface area (Å²) >= 11 is 3.55. The van der Waals surface area contributed by atoms with Crippen LogP contribution in [0.1, 0.15) is 37.7 Å². The minimum Gasteiger partial charge on any atom is -0.486 e. The third kappa shape index (κ3) is 3.94. The molecule has 1 aliphatic rings. The Morgan fingerprint density at radius 1 is 1.32 bits per heavy atom. The van der Waals surface area contributed by atoms with E-state index in [1.165, 1.54) is 6.42 Å². The van der Waals surface area contributed by atoms with Gasteiger partial charge in [-0.25, -0.2) is 0 Å². The number of para-hydroxylation sites is 1. The van der Waals surface area contributed by atoms with Crippen LogP contribution in [-0.2, 0) is 6.54 Å². The average Bonchev–Trinajstić information content (AvgIpc) is 2.59. The average molecular weight is 328 g/mol. The lowest BCUT2D eigenvalue weighted by molar-refractivity contribution is 0.0309. The summed E-state index contributed by atoms with van der Waals surface area (Å²) < 4.78 is 7.08. The second kappa shape index (κ2) is 7.27. The van der Waals surface area contributed by atoms with Gasteiger partial charge in [0.25, 0.3) is 0 Å². The summed E-state index contributed by atoms with van der Waals surface area (Å²) in [6.45, 7) is 0.761. The molecule has 0 spiro atoms. The lowest BCUT2D eigenvalue weighted by Gasteiger charge is -2.24. The van der Waals surface area contributed by atoms with E-state index in [1.54, 1.807) is 0 Å². The summed E-state index contributed by atoms with van der Waals surface area (Å²) in [7, 11) is 1.92. The molecule has 0 aromatic heterocycles. The zero-order valence-electron chi connectivity index (χ0n) is 11.4. The monoisotopic (exact) mass is 327 g/mol. The van der Waals surface area contributed by atoms with Gasteiger partial charge < -0.3 is 15.2 Å². The van der Waals surface area contributed by atoms with Gasteiger partial charge in [-0.3, -0.25) is 0 Å². The summed E-state index contributed by atoms with van der Waals surface area (Å²) in [4.78, 5) is 0. The van der Waals surface area contributed by atoms with Crippen LogP contribution in [0.3, 0.4) is 0 Å². The lowest BCUT2D eigenvalue weighted by Crippen LogP contribution is -2.31. The van der Waals surface area contributed by atoms with Gasteiger partial charge in [0.2, 0.25) is 0 Å². The molecule has 0 aliphatic heterocycles. The largest absolute Gasteiger partial charge is 0.486 e. The highest BCUT2D eigenvalue weighted by atomic mass is 79.9. The number of ether oxygens (including phenoxy) is 1. The van der Waals surface area contributed by atoms with Crippen molar-refractivity contribution in [3.8, 4) is 5.75 Å². The first kappa shape index (κ1) is 14.8. The molecule has 0 saturated heterocycles. The smallest absolute Gasteiger partial charge is 0.138 e. The number of rotatable bonds is 4. The number of hydrogen-bond acceptors (Lipinski definition) is 3. The molecule has 0 bridgehead atoms. The van der Waals surface area contributed by atoms with Crippen molar-refractivity contribution in [1.82, 2.24) is 5.32 Å². The van der Waals surface area contributed by atoms with Crippen molar-refractivity contribution >= 4 is 15.9 Å². The molecule has 19 heavy (non-hydrogen) atoms. The zero-order chi connectivity index (χ0) is 13.7. The van der Waals surface area contributed by atoms with E-state index < -0.39 is 0 Å². The van der Waals surface area contributed by atoms with Crippen LogP contribution < -0.4 is 10.1 Å². The van der Waals surface area contributed by atoms with Crippen molar-refractivity contribution < 1.29 is 9.84 Å². The molecule has 2 unspecified atom stereocenters. The predicted molar refractivity (Wildman–Crippen MR) is 80.4 cm³/mol. The van der Waals surface area contributed by atoms with Crippen molar-refractivity contribution in [3.63, 3.8) is 0 Å². The SMILES string of the molecule is CNCc1cccc(Br)c1OC1CCCCCC1O. The molecule has 1 aromatic rings. The van der Waals surface area contributed by atoms with E-state index in [0.29, 0.717) is 0 Å². The van der Waals surface area contributed by atoms with Gasteiger partial charge in [0, 0.05) is 12.1 Å². The molecule has 3 nitrogen and oxygen atoms in total. The van der Waals surface area contributed by atoms with E-state index in [1.807, 2.05) is 19.2 Å². The molecule has 2 atom stereocenters. The maximum absolute atomic E-state index is 10.2. The van der Waals surface area contributed by atoms with Crippen LogP contribution >= 0.6 is 15.9 Å². The molecule has 2 rings (SSSR count). The Morgan fingerprint density at radius 3 is 2.89 bits per heavy atom. The summed E-state index contributed by atoms with van der Waals surface area (Å²) in [5.74, 6) is 0.864. The molecule has 4 heteroatoms. The Hall–Kier alpha value is -0.580. The van der Waals surface area contributed by atoms with Crippen LogP contribution in [0.2, 0.25) is 0 Å². The van der Waals surface area contributed by atoms with Gasteiger partial charge >= 0.3 is 0 Å². The number of halogens is 1. The number of aliphatic hydroxyl groups excluding tert-OH is 1. The van der Waals surface area contributed by atoms with Gasteiger partial charge in [0.1, 0.15) is 11.9 Å². The Bertz CT molecular complexity index is 411. The Morgan fingerprint density at radius 2 is 2.11 bits per heavy atom. The minimum atomic E-state index is -0.350. The van der Waals surface area contributed by atoms with Crippen LogP contribution in [-0.4, -0.2) is 24.4 Å². The fraction of sp³-hybridized carbons (Fsp3) is 0.600. The molecule has 1 aromatic carbocycles. The molecule has 0 radical (unpaired) electrons. The van der Waals surface area contributed by atoms with E-state index in [9.17, 15) is 5.11 Å². The Kier molecular flexibility index (Phi) is 5.67. The van der Waals surface area contributed by atoms with Crippen LogP contribution in [0.5, 0.6) is 5.75 Å². The van der Waals surface area contributed by atoms with E-state index in [0.717, 1.165) is 48.0 Å². The highest BCUT2D eigenvalue weighted by Crippen LogP contribution is 2.32. The van der Waals surface area contributed by atoms with Gasteiger partial charge in [0.15, 0.2) is 0 Å². The lowest BCUT2D eigenvalue weighted by atomic mass is 10.1. The van der Waals surface area contributed by atoms with Crippen molar-refractivity contribution in [2.75, 3.05) is 7.05 Å². The Balaban J connectivity index is 2.16. The number of aliphatic hydroxyl groups is 1. The fourth-order valence-corrected chi connectivity index (χ4v) is 3.06. The maximum Gasteiger partial charge on any atom is 0.138 e. The quantitative estimate of drug-likeness (QED) is 0.834. The zero-order valence-corrected chi connectivity index (χ0v) is 12.9. The highest BCUT2D eigenvalue weighted by molar-refractivity contribution is 9.10. The van der Waals surface area contributed by atoms with Gasteiger partial charge in [-0.1, -0.05) is 25.0 Å². The summed E-state index contributed by atoms with van der Waals surface area (Å²) in [6, 6.07) is 6.05. The molecule has 106 valence electrons. The normalized spacial score (nSPS) is 23.9. The maximum atomic E-state index is 10.2. The van der Waals surface area contributed by atoms with Crippen molar-refractivity contribution in [3.05, 3.63) is 28.2 Å². The molecule has 1 aliphatic carbocycles. The van der Waals surface area contributed by atoms with Crippen LogP contribution in [0.25, 0.3) is 0 Å². The van der Waals surface area contributed by atoms with E-state index >= 15 is 0 Å². The predicted octanol–water partition coefficient (Wildman–Crippen LogP) is 3.24. The van der Waals surface area contributed by atoms with E-state index in [2.05, 4.69) is 27.3 Å². The van der Waals surface area contributed by atoms with E-state index in [-0.39, 0.29) is 12.2 Å². The molecule has 0 amide bonds. The summed E-state index contributed by atoms with van der Waals surface area (Å²) in [5, 5.41) is 13.3. The van der Waals surface area contributed by atoms with Gasteiger partial charge in [-0.2, -0.15) is 0 Å². The second-order valence-electron chi connectivity index (χ2n) is 5.12. The second-order valence-corrected chi connectivity index (χ2v) is 5.97. The first-order valence-corrected chi connectivity index (χ1v) is 7.78. The number of hydrogen-bond donors (Lipinski definition) is 2. The topological polar surface area (TPSA) is 41.5 Å². The van der Waals surface area contributed by atoms with Gasteiger partial charge in [0.05, 0.1) is 10.6 Å². The molecular formula is C15H22BrNO2. The van der Waals surface area contributed by atoms with Crippen molar-refractivity contribution in [2.45, 2.75) is 50.9 Å². The van der Waals surface area contributed by atoms with Gasteiger partial charge in [-0.05, 0) is 48.3 Å². The van der Waals surface area contributed by atoms with Crippen LogP contribution in [0.4, 0.5) is 0 Å². The molecule has 1 saturated carbocycles.